The normalized spacial score (nSPS) is 37.3. The fourth-order valence-corrected chi connectivity index (χ4v) is 3.65. The first-order valence-corrected chi connectivity index (χ1v) is 6.42. The van der Waals surface area contributed by atoms with Gasteiger partial charge in [0, 0.05) is 16.9 Å². The third-order valence-electron chi connectivity index (χ3n) is 4.64. The van der Waals surface area contributed by atoms with Gasteiger partial charge < -0.3 is 4.74 Å². The summed E-state index contributed by atoms with van der Waals surface area (Å²) >= 11 is 0. The molecule has 0 aromatic carbocycles. The predicted octanol–water partition coefficient (Wildman–Crippen LogP) is 2.42. The van der Waals surface area contributed by atoms with Crippen LogP contribution in [0.4, 0.5) is 0 Å². The van der Waals surface area contributed by atoms with Gasteiger partial charge in [0.25, 0.3) is 0 Å². The molecule has 1 saturated heterocycles. The molecule has 0 amide bonds. The zero-order chi connectivity index (χ0) is 13.3. The van der Waals surface area contributed by atoms with Crippen molar-refractivity contribution in [2.24, 2.45) is 16.7 Å². The zero-order valence-corrected chi connectivity index (χ0v) is 11.3. The number of esters is 1. The number of carbonyl (C=O) groups is 2. The average Bonchev–Trinajstić information content (AvgIpc) is 2.68. The topological polar surface area (TPSA) is 43.4 Å². The molecule has 18 heavy (non-hydrogen) atoms. The Morgan fingerprint density at radius 1 is 1.28 bits per heavy atom. The Bertz CT molecular complexity index is 536. The first-order valence-electron chi connectivity index (χ1n) is 6.42. The van der Waals surface area contributed by atoms with Gasteiger partial charge in [-0.3, -0.25) is 4.79 Å². The summed E-state index contributed by atoms with van der Waals surface area (Å²) in [6.07, 6.45) is 2.79. The van der Waals surface area contributed by atoms with Crippen LogP contribution < -0.4 is 0 Å². The highest BCUT2D eigenvalue weighted by molar-refractivity contribution is 6.05. The van der Waals surface area contributed by atoms with E-state index in [-0.39, 0.29) is 23.1 Å². The SMILES string of the molecule is CC1=C2C(=O)OC[C@@]2(C)C=C2C(=O)C(C)(C)C[C@@H]21. The van der Waals surface area contributed by atoms with Crippen LogP contribution in [0, 0.1) is 16.7 Å². The fraction of sp³-hybridized carbons (Fsp3) is 0.600. The molecular weight excluding hydrogens is 228 g/mol. The number of fused-ring (bicyclic) bond motifs is 2. The molecule has 0 aromatic rings. The van der Waals surface area contributed by atoms with Crippen LogP contribution in [0.3, 0.4) is 0 Å². The Kier molecular flexibility index (Phi) is 2.04. The number of cyclic esters (lactones) is 1. The lowest BCUT2D eigenvalue weighted by Gasteiger charge is -2.28. The number of ketones is 1. The van der Waals surface area contributed by atoms with Gasteiger partial charge in [-0.05, 0) is 25.8 Å². The van der Waals surface area contributed by atoms with Gasteiger partial charge in [0.2, 0.25) is 0 Å². The van der Waals surface area contributed by atoms with Gasteiger partial charge in [0.05, 0.1) is 5.41 Å². The van der Waals surface area contributed by atoms with Gasteiger partial charge in [-0.25, -0.2) is 4.79 Å². The van der Waals surface area contributed by atoms with Crippen LogP contribution in [0.5, 0.6) is 0 Å². The van der Waals surface area contributed by atoms with E-state index in [0.717, 1.165) is 23.1 Å². The third-order valence-corrected chi connectivity index (χ3v) is 4.64. The molecule has 1 heterocycles. The van der Waals surface area contributed by atoms with E-state index in [1.807, 2.05) is 33.8 Å². The predicted molar refractivity (Wildman–Crippen MR) is 66.7 cm³/mol. The van der Waals surface area contributed by atoms with Gasteiger partial charge in [0.15, 0.2) is 5.78 Å². The smallest absolute Gasteiger partial charge is 0.335 e. The fourth-order valence-electron chi connectivity index (χ4n) is 3.65. The van der Waals surface area contributed by atoms with E-state index < -0.39 is 5.41 Å². The molecule has 3 nitrogen and oxygen atoms in total. The van der Waals surface area contributed by atoms with E-state index in [9.17, 15) is 9.59 Å². The summed E-state index contributed by atoms with van der Waals surface area (Å²) in [5, 5.41) is 0. The van der Waals surface area contributed by atoms with Crippen molar-refractivity contribution < 1.29 is 14.3 Å². The molecule has 2 fully saturated rings. The van der Waals surface area contributed by atoms with E-state index in [0.29, 0.717) is 6.61 Å². The number of hydrogen-bond acceptors (Lipinski definition) is 3. The van der Waals surface area contributed by atoms with Crippen LogP contribution in [-0.2, 0) is 14.3 Å². The largest absolute Gasteiger partial charge is 0.461 e. The standard InChI is InChI=1S/C15H18O3/c1-8-9-5-14(2,3)12(16)10(9)6-15(4)7-18-13(17)11(8)15/h6,9H,5,7H2,1-4H3/t9-,15-/m1/s1. The van der Waals surface area contributed by atoms with E-state index in [2.05, 4.69) is 0 Å². The number of rotatable bonds is 0. The van der Waals surface area contributed by atoms with Crippen LogP contribution in [0.1, 0.15) is 34.1 Å². The Labute approximate surface area is 107 Å². The molecule has 0 unspecified atom stereocenters. The van der Waals surface area contributed by atoms with Crippen molar-refractivity contribution in [3.05, 3.63) is 22.8 Å². The van der Waals surface area contributed by atoms with Crippen molar-refractivity contribution in [2.45, 2.75) is 34.1 Å². The van der Waals surface area contributed by atoms with Crippen molar-refractivity contribution in [1.82, 2.24) is 0 Å². The molecule has 0 radical (unpaired) electrons. The number of allylic oxidation sites excluding steroid dienone is 2. The Morgan fingerprint density at radius 3 is 2.61 bits per heavy atom. The summed E-state index contributed by atoms with van der Waals surface area (Å²) in [7, 11) is 0. The van der Waals surface area contributed by atoms with Gasteiger partial charge in [-0.2, -0.15) is 0 Å². The summed E-state index contributed by atoms with van der Waals surface area (Å²) < 4.78 is 5.17. The Balaban J connectivity index is 2.18. The first-order chi connectivity index (χ1) is 8.26. The molecule has 0 bridgehead atoms. The monoisotopic (exact) mass is 246 g/mol. The van der Waals surface area contributed by atoms with Crippen LogP contribution in [0.2, 0.25) is 0 Å². The maximum Gasteiger partial charge on any atom is 0.335 e. The highest BCUT2D eigenvalue weighted by Crippen LogP contribution is 2.53. The Morgan fingerprint density at radius 2 is 1.94 bits per heavy atom. The molecule has 1 saturated carbocycles. The van der Waals surface area contributed by atoms with E-state index >= 15 is 0 Å². The van der Waals surface area contributed by atoms with Crippen molar-refractivity contribution >= 4 is 11.8 Å². The summed E-state index contributed by atoms with van der Waals surface area (Å²) in [6, 6.07) is 0. The van der Waals surface area contributed by atoms with Crippen molar-refractivity contribution in [3.8, 4) is 0 Å². The van der Waals surface area contributed by atoms with Crippen molar-refractivity contribution in [1.29, 1.82) is 0 Å². The second kappa shape index (κ2) is 3.14. The quantitative estimate of drug-likeness (QED) is 0.616. The minimum atomic E-state index is -0.400. The number of ether oxygens (including phenoxy) is 1. The van der Waals surface area contributed by atoms with Gasteiger partial charge >= 0.3 is 5.97 Å². The second-order valence-electron chi connectivity index (χ2n) is 6.62. The molecule has 2 aliphatic carbocycles. The molecule has 1 aliphatic heterocycles. The lowest BCUT2D eigenvalue weighted by Crippen LogP contribution is -2.26. The maximum atomic E-state index is 12.4. The molecule has 3 aliphatic rings. The molecule has 3 heteroatoms. The lowest BCUT2D eigenvalue weighted by molar-refractivity contribution is -0.135. The number of hydrogen-bond donors (Lipinski definition) is 0. The number of Topliss-reactive ketones (excluding diaryl/α,β-unsaturated/α-hetero) is 1. The molecule has 0 aromatic heterocycles. The average molecular weight is 246 g/mol. The molecular formula is C15H18O3. The maximum absolute atomic E-state index is 12.4. The highest BCUT2D eigenvalue weighted by atomic mass is 16.5. The summed E-state index contributed by atoms with van der Waals surface area (Å²) in [4.78, 5) is 24.3. The summed E-state index contributed by atoms with van der Waals surface area (Å²) in [6.45, 7) is 8.30. The highest BCUT2D eigenvalue weighted by Gasteiger charge is 2.52. The molecule has 3 rings (SSSR count). The van der Waals surface area contributed by atoms with E-state index in [1.54, 1.807) is 0 Å². The van der Waals surface area contributed by atoms with Crippen molar-refractivity contribution in [3.63, 3.8) is 0 Å². The van der Waals surface area contributed by atoms with Crippen LogP contribution in [-0.4, -0.2) is 18.4 Å². The van der Waals surface area contributed by atoms with Crippen molar-refractivity contribution in [2.75, 3.05) is 6.61 Å². The van der Waals surface area contributed by atoms with Gasteiger partial charge in [-0.15, -0.1) is 0 Å². The summed E-state index contributed by atoms with van der Waals surface area (Å²) in [5.41, 5.74) is 2.00. The zero-order valence-electron chi connectivity index (χ0n) is 11.3. The number of carbonyl (C=O) groups excluding carboxylic acids is 2. The van der Waals surface area contributed by atoms with Crippen LogP contribution >= 0.6 is 0 Å². The minimum Gasteiger partial charge on any atom is -0.461 e. The molecule has 0 N–H and O–H groups in total. The van der Waals surface area contributed by atoms with Gasteiger partial charge in [-0.1, -0.05) is 25.5 Å². The molecule has 96 valence electrons. The first kappa shape index (κ1) is 11.7. The summed E-state index contributed by atoms with van der Waals surface area (Å²) in [5.74, 6) is 0.134. The van der Waals surface area contributed by atoms with E-state index in [4.69, 9.17) is 4.74 Å². The van der Waals surface area contributed by atoms with Gasteiger partial charge in [0.1, 0.15) is 6.61 Å². The Hall–Kier alpha value is -1.38. The minimum absolute atomic E-state index is 0.112. The third kappa shape index (κ3) is 1.25. The lowest BCUT2D eigenvalue weighted by atomic mass is 9.71. The second-order valence-corrected chi connectivity index (χ2v) is 6.62. The van der Waals surface area contributed by atoms with Crippen LogP contribution in [0.15, 0.2) is 22.8 Å². The molecule has 0 spiro atoms. The molecule has 2 atom stereocenters. The van der Waals surface area contributed by atoms with Crippen LogP contribution in [0.25, 0.3) is 0 Å². The van der Waals surface area contributed by atoms with E-state index in [1.165, 1.54) is 0 Å².